The lowest BCUT2D eigenvalue weighted by Crippen LogP contribution is -2.12. The van der Waals surface area contributed by atoms with Crippen LogP contribution in [0.25, 0.3) is 10.7 Å². The summed E-state index contributed by atoms with van der Waals surface area (Å²) in [7, 11) is 1.93. The second-order valence-corrected chi connectivity index (χ2v) is 6.58. The minimum atomic E-state index is -0.187. The zero-order valence-electron chi connectivity index (χ0n) is 12.0. The number of halogens is 1. The Morgan fingerprint density at radius 1 is 1.36 bits per heavy atom. The average molecular weight is 377 g/mol. The predicted molar refractivity (Wildman–Crippen MR) is 91.1 cm³/mol. The van der Waals surface area contributed by atoms with Crippen LogP contribution in [0.1, 0.15) is 16.1 Å². The zero-order chi connectivity index (χ0) is 15.7. The van der Waals surface area contributed by atoms with Crippen molar-refractivity contribution < 1.29 is 4.79 Å². The summed E-state index contributed by atoms with van der Waals surface area (Å²) in [4.78, 5) is 22.0. The largest absolute Gasteiger partial charge is 0.333 e. The Labute approximate surface area is 140 Å². The normalized spacial score (nSPS) is 10.7. The number of anilines is 1. The maximum absolute atomic E-state index is 12.3. The Kier molecular flexibility index (Phi) is 4.08. The first-order valence-corrected chi connectivity index (χ1v) is 8.18. The number of aryl methyl sites for hydroxylation is 2. The van der Waals surface area contributed by atoms with Gasteiger partial charge in [0, 0.05) is 23.9 Å². The lowest BCUT2D eigenvalue weighted by Gasteiger charge is -2.03. The van der Waals surface area contributed by atoms with Crippen molar-refractivity contribution >= 4 is 38.3 Å². The number of imidazole rings is 1. The Balaban J connectivity index is 1.87. The van der Waals surface area contributed by atoms with Gasteiger partial charge in [-0.3, -0.25) is 10.1 Å². The fourth-order valence-electron chi connectivity index (χ4n) is 2.05. The standard InChI is InChI=1S/C15H13BrN4OS/c1-9-12(13-17-7-8-20(13)2)22-15(18-9)19-14(21)10-5-3-4-6-11(10)16/h3-8H,1-2H3,(H,18,19,21). The van der Waals surface area contributed by atoms with Crippen LogP contribution in [0.5, 0.6) is 0 Å². The molecule has 0 fully saturated rings. The number of hydrogen-bond acceptors (Lipinski definition) is 4. The molecule has 7 heteroatoms. The molecule has 1 amide bonds. The lowest BCUT2D eigenvalue weighted by atomic mass is 10.2. The van der Waals surface area contributed by atoms with Gasteiger partial charge < -0.3 is 4.57 Å². The fraction of sp³-hybridized carbons (Fsp3) is 0.133. The van der Waals surface area contributed by atoms with Gasteiger partial charge in [0.05, 0.1) is 16.1 Å². The van der Waals surface area contributed by atoms with Gasteiger partial charge in [-0.1, -0.05) is 23.5 Å². The van der Waals surface area contributed by atoms with Crippen LogP contribution in [-0.2, 0) is 7.05 Å². The van der Waals surface area contributed by atoms with E-state index in [9.17, 15) is 4.79 Å². The van der Waals surface area contributed by atoms with Crippen molar-refractivity contribution in [3.63, 3.8) is 0 Å². The molecule has 1 N–H and O–H groups in total. The summed E-state index contributed by atoms with van der Waals surface area (Å²) in [5, 5.41) is 3.41. The molecule has 3 aromatic rings. The summed E-state index contributed by atoms with van der Waals surface area (Å²) in [5.41, 5.74) is 1.43. The van der Waals surface area contributed by atoms with Gasteiger partial charge in [0.15, 0.2) is 11.0 Å². The topological polar surface area (TPSA) is 59.8 Å². The molecule has 0 aliphatic carbocycles. The number of amides is 1. The summed E-state index contributed by atoms with van der Waals surface area (Å²) >= 11 is 4.80. The second-order valence-electron chi connectivity index (χ2n) is 4.73. The molecular weight excluding hydrogens is 364 g/mol. The molecule has 0 aliphatic heterocycles. The van der Waals surface area contributed by atoms with E-state index in [0.717, 1.165) is 20.9 Å². The SMILES string of the molecule is Cc1nc(NC(=O)c2ccccc2Br)sc1-c1nccn1C. The number of thiazole rings is 1. The van der Waals surface area contributed by atoms with E-state index in [1.807, 2.05) is 42.9 Å². The first-order chi connectivity index (χ1) is 10.6. The van der Waals surface area contributed by atoms with Crippen LogP contribution in [0.3, 0.4) is 0 Å². The van der Waals surface area contributed by atoms with Gasteiger partial charge in [-0.15, -0.1) is 0 Å². The van der Waals surface area contributed by atoms with E-state index in [-0.39, 0.29) is 5.91 Å². The third-order valence-corrected chi connectivity index (χ3v) is 4.92. The van der Waals surface area contributed by atoms with E-state index < -0.39 is 0 Å². The quantitative estimate of drug-likeness (QED) is 0.754. The number of nitrogens with one attached hydrogen (secondary N) is 1. The van der Waals surface area contributed by atoms with Gasteiger partial charge in [0.2, 0.25) is 0 Å². The summed E-state index contributed by atoms with van der Waals surface area (Å²) < 4.78 is 2.69. The smallest absolute Gasteiger partial charge is 0.258 e. The molecular formula is C15H13BrN4OS. The van der Waals surface area contributed by atoms with Crippen molar-refractivity contribution in [3.05, 3.63) is 52.4 Å². The number of carbonyl (C=O) groups is 1. The van der Waals surface area contributed by atoms with Gasteiger partial charge in [-0.2, -0.15) is 0 Å². The van der Waals surface area contributed by atoms with E-state index >= 15 is 0 Å². The third kappa shape index (κ3) is 2.82. The Morgan fingerprint density at radius 3 is 2.82 bits per heavy atom. The summed E-state index contributed by atoms with van der Waals surface area (Å²) in [6.45, 7) is 1.91. The maximum Gasteiger partial charge on any atom is 0.258 e. The Bertz CT molecular complexity index is 840. The van der Waals surface area contributed by atoms with Crippen molar-refractivity contribution in [3.8, 4) is 10.7 Å². The van der Waals surface area contributed by atoms with E-state index in [1.54, 1.807) is 12.3 Å². The van der Waals surface area contributed by atoms with Crippen molar-refractivity contribution in [1.82, 2.24) is 14.5 Å². The average Bonchev–Trinajstić information content (AvgIpc) is 3.05. The molecule has 112 valence electrons. The van der Waals surface area contributed by atoms with Crippen LogP contribution in [0.4, 0.5) is 5.13 Å². The van der Waals surface area contributed by atoms with Gasteiger partial charge in [-0.25, -0.2) is 9.97 Å². The van der Waals surface area contributed by atoms with E-state index in [4.69, 9.17) is 0 Å². The highest BCUT2D eigenvalue weighted by molar-refractivity contribution is 9.10. The van der Waals surface area contributed by atoms with Gasteiger partial charge >= 0.3 is 0 Å². The monoisotopic (exact) mass is 376 g/mol. The molecule has 0 atom stereocenters. The van der Waals surface area contributed by atoms with Gasteiger partial charge in [0.1, 0.15) is 0 Å². The zero-order valence-corrected chi connectivity index (χ0v) is 14.4. The van der Waals surface area contributed by atoms with Crippen molar-refractivity contribution in [2.24, 2.45) is 7.05 Å². The minimum absolute atomic E-state index is 0.187. The van der Waals surface area contributed by atoms with E-state index in [0.29, 0.717) is 10.7 Å². The molecule has 0 unspecified atom stereocenters. The molecule has 0 bridgehead atoms. The lowest BCUT2D eigenvalue weighted by molar-refractivity contribution is 0.102. The minimum Gasteiger partial charge on any atom is -0.333 e. The molecule has 0 spiro atoms. The van der Waals surface area contributed by atoms with Gasteiger partial charge in [0.25, 0.3) is 5.91 Å². The molecule has 5 nitrogen and oxygen atoms in total. The van der Waals surface area contributed by atoms with Crippen LogP contribution in [0.15, 0.2) is 41.1 Å². The third-order valence-electron chi connectivity index (χ3n) is 3.16. The van der Waals surface area contributed by atoms with Crippen LogP contribution in [-0.4, -0.2) is 20.4 Å². The molecule has 0 radical (unpaired) electrons. The number of benzene rings is 1. The molecule has 2 heterocycles. The summed E-state index contributed by atoms with van der Waals surface area (Å²) in [6.07, 6.45) is 3.63. The van der Waals surface area contributed by atoms with Crippen LogP contribution in [0.2, 0.25) is 0 Å². The first kappa shape index (κ1) is 14.9. The Morgan fingerprint density at radius 2 is 2.14 bits per heavy atom. The highest BCUT2D eigenvalue weighted by Gasteiger charge is 2.16. The number of rotatable bonds is 3. The van der Waals surface area contributed by atoms with Crippen molar-refractivity contribution in [2.75, 3.05) is 5.32 Å². The molecule has 3 rings (SSSR count). The molecule has 0 saturated heterocycles. The maximum atomic E-state index is 12.3. The van der Waals surface area contributed by atoms with Crippen LogP contribution in [0, 0.1) is 6.92 Å². The predicted octanol–water partition coefficient (Wildman–Crippen LogP) is 3.87. The van der Waals surface area contributed by atoms with Crippen molar-refractivity contribution in [1.29, 1.82) is 0 Å². The highest BCUT2D eigenvalue weighted by atomic mass is 79.9. The second kappa shape index (κ2) is 6.02. The van der Waals surface area contributed by atoms with E-state index in [1.165, 1.54) is 11.3 Å². The first-order valence-electron chi connectivity index (χ1n) is 6.57. The summed E-state index contributed by atoms with van der Waals surface area (Å²) in [6, 6.07) is 7.29. The van der Waals surface area contributed by atoms with Crippen molar-refractivity contribution in [2.45, 2.75) is 6.92 Å². The molecule has 22 heavy (non-hydrogen) atoms. The van der Waals surface area contributed by atoms with Gasteiger partial charge in [-0.05, 0) is 35.0 Å². The Hall–Kier alpha value is -1.99. The molecule has 0 aliphatic rings. The number of nitrogens with zero attached hydrogens (tertiary/aromatic N) is 3. The van der Waals surface area contributed by atoms with Crippen LogP contribution >= 0.6 is 27.3 Å². The molecule has 0 saturated carbocycles. The number of aromatic nitrogens is 3. The highest BCUT2D eigenvalue weighted by Crippen LogP contribution is 2.31. The fourth-order valence-corrected chi connectivity index (χ4v) is 3.52. The van der Waals surface area contributed by atoms with Crippen LogP contribution < -0.4 is 5.32 Å². The number of hydrogen-bond donors (Lipinski definition) is 1. The molecule has 1 aromatic carbocycles. The molecule has 2 aromatic heterocycles. The van der Waals surface area contributed by atoms with E-state index in [2.05, 4.69) is 31.2 Å². The number of carbonyl (C=O) groups excluding carboxylic acids is 1. The summed E-state index contributed by atoms with van der Waals surface area (Å²) in [5.74, 6) is 0.656.